The molecule has 174 valence electrons. The lowest BCUT2D eigenvalue weighted by Crippen LogP contribution is -2.44. The van der Waals surface area contributed by atoms with E-state index in [-0.39, 0.29) is 0 Å². The van der Waals surface area contributed by atoms with Crippen molar-refractivity contribution in [2.75, 3.05) is 54.4 Å². The molecule has 1 aromatic heterocycles. The molecule has 4 rings (SSSR count). The molecule has 1 saturated heterocycles. The number of sulfonamides is 1. The van der Waals surface area contributed by atoms with Crippen LogP contribution < -0.4 is 14.9 Å². The van der Waals surface area contributed by atoms with Gasteiger partial charge in [-0.15, -0.1) is 0 Å². The Labute approximate surface area is 203 Å². The molecule has 3 aromatic rings. The van der Waals surface area contributed by atoms with Crippen LogP contribution in [0.15, 0.2) is 64.6 Å². The molecule has 2 aromatic carbocycles. The highest BCUT2D eigenvalue weighted by Gasteiger charge is 2.18. The second-order valence-electron chi connectivity index (χ2n) is 7.82. The van der Waals surface area contributed by atoms with E-state index >= 15 is 0 Å². The Kier molecular flexibility index (Phi) is 7.28. The van der Waals surface area contributed by atoms with Gasteiger partial charge in [0.2, 0.25) is 10.0 Å². The van der Waals surface area contributed by atoms with E-state index in [4.69, 9.17) is 21.6 Å². The Morgan fingerprint density at radius 3 is 2.21 bits per heavy atom. The van der Waals surface area contributed by atoms with E-state index in [1.165, 1.54) is 11.8 Å². The zero-order valence-electron chi connectivity index (χ0n) is 18.3. The van der Waals surface area contributed by atoms with Crippen molar-refractivity contribution in [2.24, 2.45) is 0 Å². The standard InChI is InChI=1S/C22H25ClN6O2S2/c1-28-11-13-29(14-12-28)21-15-20(24-17-5-3-16(23)4-6-17)25-22(26-21)32-19-9-7-18(8-10-19)27-33(2,30)31/h3-10,15,27H,11-14H2,1-2H3,(H,24,25,26). The first kappa shape index (κ1) is 23.6. The number of aromatic nitrogens is 2. The topological polar surface area (TPSA) is 90.5 Å². The van der Waals surface area contributed by atoms with Crippen LogP contribution in [0.2, 0.25) is 5.02 Å². The van der Waals surface area contributed by atoms with Crippen LogP contribution in [0, 0.1) is 0 Å². The Balaban J connectivity index is 1.58. The van der Waals surface area contributed by atoms with Crippen LogP contribution >= 0.6 is 23.4 Å². The third kappa shape index (κ3) is 6.97. The molecule has 0 aliphatic carbocycles. The van der Waals surface area contributed by atoms with Crippen molar-refractivity contribution in [3.05, 3.63) is 59.6 Å². The second kappa shape index (κ2) is 10.2. The van der Waals surface area contributed by atoms with E-state index in [1.54, 1.807) is 12.1 Å². The van der Waals surface area contributed by atoms with Gasteiger partial charge in [-0.1, -0.05) is 11.6 Å². The van der Waals surface area contributed by atoms with Crippen molar-refractivity contribution < 1.29 is 8.42 Å². The van der Waals surface area contributed by atoms with Crippen molar-refractivity contribution in [3.63, 3.8) is 0 Å². The van der Waals surface area contributed by atoms with Gasteiger partial charge in [-0.05, 0) is 67.3 Å². The molecule has 0 amide bonds. The fraction of sp³-hybridized carbons (Fsp3) is 0.273. The molecule has 11 heteroatoms. The van der Waals surface area contributed by atoms with Gasteiger partial charge in [0.15, 0.2) is 5.16 Å². The molecule has 0 spiro atoms. The summed E-state index contributed by atoms with van der Waals surface area (Å²) in [7, 11) is -1.20. The molecule has 1 fully saturated rings. The van der Waals surface area contributed by atoms with E-state index in [9.17, 15) is 8.42 Å². The molecule has 33 heavy (non-hydrogen) atoms. The third-order valence-corrected chi connectivity index (χ3v) is 6.73. The van der Waals surface area contributed by atoms with Crippen molar-refractivity contribution in [1.82, 2.24) is 14.9 Å². The van der Waals surface area contributed by atoms with Gasteiger partial charge in [0.1, 0.15) is 11.6 Å². The first-order valence-electron chi connectivity index (χ1n) is 10.3. The minimum absolute atomic E-state index is 0.513. The Hall–Kier alpha value is -2.53. The monoisotopic (exact) mass is 504 g/mol. The number of benzene rings is 2. The maximum Gasteiger partial charge on any atom is 0.229 e. The summed E-state index contributed by atoms with van der Waals surface area (Å²) >= 11 is 7.43. The molecular weight excluding hydrogens is 480 g/mol. The number of hydrogen-bond donors (Lipinski definition) is 2. The largest absolute Gasteiger partial charge is 0.354 e. The summed E-state index contributed by atoms with van der Waals surface area (Å²) in [6.07, 6.45) is 1.13. The summed E-state index contributed by atoms with van der Waals surface area (Å²) in [6, 6.07) is 16.6. The quantitative estimate of drug-likeness (QED) is 0.464. The minimum atomic E-state index is -3.32. The molecule has 0 unspecified atom stereocenters. The molecular formula is C22H25ClN6O2S2. The summed E-state index contributed by atoms with van der Waals surface area (Å²) in [4.78, 5) is 15.0. The second-order valence-corrected chi connectivity index (χ2v) is 11.0. The van der Waals surface area contributed by atoms with Crippen molar-refractivity contribution in [1.29, 1.82) is 0 Å². The molecule has 8 nitrogen and oxygen atoms in total. The SMILES string of the molecule is CN1CCN(c2cc(Nc3ccc(Cl)cc3)nc(Sc3ccc(NS(C)(=O)=O)cc3)n2)CC1. The van der Waals surface area contributed by atoms with Gasteiger partial charge < -0.3 is 15.1 Å². The number of anilines is 4. The van der Waals surface area contributed by atoms with Gasteiger partial charge in [-0.2, -0.15) is 0 Å². The smallest absolute Gasteiger partial charge is 0.229 e. The fourth-order valence-electron chi connectivity index (χ4n) is 3.31. The van der Waals surface area contributed by atoms with Gasteiger partial charge in [0, 0.05) is 53.5 Å². The molecule has 0 atom stereocenters. The molecule has 1 aliphatic heterocycles. The Morgan fingerprint density at radius 2 is 1.58 bits per heavy atom. The summed E-state index contributed by atoms with van der Waals surface area (Å²) in [5, 5.41) is 4.62. The van der Waals surface area contributed by atoms with E-state index < -0.39 is 10.0 Å². The fourth-order valence-corrected chi connectivity index (χ4v) is 4.77. The highest BCUT2D eigenvalue weighted by Crippen LogP contribution is 2.30. The number of nitrogens with zero attached hydrogens (tertiary/aromatic N) is 4. The summed E-state index contributed by atoms with van der Waals surface area (Å²) in [5.41, 5.74) is 1.40. The molecule has 0 radical (unpaired) electrons. The van der Waals surface area contributed by atoms with Gasteiger partial charge in [0.05, 0.1) is 6.26 Å². The number of rotatable bonds is 7. The molecule has 0 bridgehead atoms. The van der Waals surface area contributed by atoms with Crippen molar-refractivity contribution >= 4 is 56.4 Å². The number of halogens is 1. The average molecular weight is 505 g/mol. The molecule has 2 N–H and O–H groups in total. The third-order valence-electron chi connectivity index (χ3n) is 5.00. The summed E-state index contributed by atoms with van der Waals surface area (Å²) < 4.78 is 25.3. The minimum Gasteiger partial charge on any atom is -0.354 e. The molecule has 0 saturated carbocycles. The van der Waals surface area contributed by atoms with E-state index in [0.717, 1.165) is 48.8 Å². The van der Waals surface area contributed by atoms with Gasteiger partial charge in [-0.3, -0.25) is 4.72 Å². The molecule has 2 heterocycles. The number of nitrogens with one attached hydrogen (secondary N) is 2. The van der Waals surface area contributed by atoms with Gasteiger partial charge in [0.25, 0.3) is 0 Å². The zero-order valence-corrected chi connectivity index (χ0v) is 20.7. The van der Waals surface area contributed by atoms with E-state index in [1.807, 2.05) is 42.5 Å². The summed E-state index contributed by atoms with van der Waals surface area (Å²) in [6.45, 7) is 3.73. The maximum atomic E-state index is 11.4. The lowest BCUT2D eigenvalue weighted by molar-refractivity contribution is 0.312. The normalized spacial score (nSPS) is 14.8. The number of piperazine rings is 1. The van der Waals surface area contributed by atoms with Crippen LogP contribution in [-0.2, 0) is 10.0 Å². The Bertz CT molecular complexity index is 1200. The average Bonchev–Trinajstić information content (AvgIpc) is 2.76. The van der Waals surface area contributed by atoms with E-state index in [2.05, 4.69) is 26.9 Å². The van der Waals surface area contributed by atoms with Crippen LogP contribution in [0.1, 0.15) is 0 Å². The van der Waals surface area contributed by atoms with Crippen LogP contribution in [-0.4, -0.2) is 62.8 Å². The number of hydrogen-bond acceptors (Lipinski definition) is 8. The van der Waals surface area contributed by atoms with Gasteiger partial charge >= 0.3 is 0 Å². The van der Waals surface area contributed by atoms with Crippen LogP contribution in [0.5, 0.6) is 0 Å². The number of likely N-dealkylation sites (N-methyl/N-ethyl adjacent to an activating group) is 1. The Morgan fingerprint density at radius 1 is 0.939 bits per heavy atom. The highest BCUT2D eigenvalue weighted by atomic mass is 35.5. The van der Waals surface area contributed by atoms with Crippen LogP contribution in [0.4, 0.5) is 23.0 Å². The van der Waals surface area contributed by atoms with Crippen LogP contribution in [0.3, 0.4) is 0 Å². The predicted molar refractivity (Wildman–Crippen MR) is 136 cm³/mol. The lowest BCUT2D eigenvalue weighted by Gasteiger charge is -2.33. The van der Waals surface area contributed by atoms with Crippen molar-refractivity contribution in [2.45, 2.75) is 10.1 Å². The van der Waals surface area contributed by atoms with Crippen LogP contribution in [0.25, 0.3) is 0 Å². The first-order chi connectivity index (χ1) is 15.7. The van der Waals surface area contributed by atoms with E-state index in [0.29, 0.717) is 21.7 Å². The highest BCUT2D eigenvalue weighted by molar-refractivity contribution is 7.99. The zero-order chi connectivity index (χ0) is 23.4. The first-order valence-corrected chi connectivity index (χ1v) is 13.4. The molecule has 1 aliphatic rings. The lowest BCUT2D eigenvalue weighted by atomic mass is 10.3. The summed E-state index contributed by atoms with van der Waals surface area (Å²) in [5.74, 6) is 1.56. The predicted octanol–water partition coefficient (Wildman–Crippen LogP) is 4.15. The maximum absolute atomic E-state index is 11.4. The van der Waals surface area contributed by atoms with Gasteiger partial charge in [-0.25, -0.2) is 18.4 Å². The van der Waals surface area contributed by atoms with Crippen molar-refractivity contribution in [3.8, 4) is 0 Å².